The lowest BCUT2D eigenvalue weighted by molar-refractivity contribution is -0.126. The van der Waals surface area contributed by atoms with Crippen molar-refractivity contribution in [2.24, 2.45) is 0 Å². The highest BCUT2D eigenvalue weighted by atomic mass is 32.2. The topological polar surface area (TPSA) is 112 Å². The Bertz CT molecular complexity index is 1520. The van der Waals surface area contributed by atoms with Crippen LogP contribution in [0.15, 0.2) is 48.5 Å². The summed E-state index contributed by atoms with van der Waals surface area (Å²) < 4.78 is 6.02. The minimum atomic E-state index is -0.756. The summed E-state index contributed by atoms with van der Waals surface area (Å²) in [6, 6.07) is 18.1. The molecule has 1 aliphatic rings. The molecule has 1 unspecified atom stereocenters. The normalized spacial score (nSPS) is 14.7. The Balaban J connectivity index is 1.44. The lowest BCUT2D eigenvalue weighted by Gasteiger charge is -2.31. The van der Waals surface area contributed by atoms with E-state index in [9.17, 15) is 19.6 Å². The Hall–Kier alpha value is -3.17. The first-order valence-corrected chi connectivity index (χ1v) is 18.2. The third-order valence-electron chi connectivity index (χ3n) is 7.87. The van der Waals surface area contributed by atoms with Crippen LogP contribution in [0.3, 0.4) is 0 Å². The number of para-hydroxylation sites is 1. The lowest BCUT2D eigenvalue weighted by Crippen LogP contribution is -2.46. The van der Waals surface area contributed by atoms with Gasteiger partial charge in [0.2, 0.25) is 17.7 Å². The highest BCUT2D eigenvalue weighted by molar-refractivity contribution is 8.47. The van der Waals surface area contributed by atoms with Crippen LogP contribution in [-0.4, -0.2) is 56.5 Å². The predicted octanol–water partition coefficient (Wildman–Crippen LogP) is 7.12. The van der Waals surface area contributed by atoms with Gasteiger partial charge in [0.1, 0.15) is 8.28 Å². The van der Waals surface area contributed by atoms with E-state index in [0.717, 1.165) is 22.4 Å². The zero-order valence-electron chi connectivity index (χ0n) is 28.2. The Labute approximate surface area is 293 Å². The molecule has 0 aromatic heterocycles. The van der Waals surface area contributed by atoms with Gasteiger partial charge in [-0.3, -0.25) is 14.4 Å². The molecule has 0 saturated heterocycles. The Kier molecular flexibility index (Phi) is 14.1. The summed E-state index contributed by atoms with van der Waals surface area (Å²) in [7, 11) is 0. The van der Waals surface area contributed by atoms with Crippen LogP contribution >= 0.6 is 35.7 Å². The largest absolute Gasteiger partial charge is 0.374 e. The fourth-order valence-corrected chi connectivity index (χ4v) is 7.03. The van der Waals surface area contributed by atoms with Crippen LogP contribution in [0, 0.1) is 11.3 Å². The summed E-state index contributed by atoms with van der Waals surface area (Å²) in [5.74, 6) is -0.464. The van der Waals surface area contributed by atoms with Gasteiger partial charge in [0.25, 0.3) is 0 Å². The van der Waals surface area contributed by atoms with Crippen molar-refractivity contribution < 1.29 is 19.1 Å². The number of thioether (sulfide) groups is 2. The molecule has 2 aromatic rings. The van der Waals surface area contributed by atoms with E-state index in [2.05, 4.69) is 22.8 Å². The van der Waals surface area contributed by atoms with Crippen molar-refractivity contribution in [1.29, 1.82) is 5.26 Å². The molecule has 2 aromatic carbocycles. The summed E-state index contributed by atoms with van der Waals surface area (Å²) in [5, 5.41) is 15.6. The minimum Gasteiger partial charge on any atom is -0.374 e. The van der Waals surface area contributed by atoms with Crippen molar-refractivity contribution >= 4 is 74.8 Å². The van der Waals surface area contributed by atoms with Crippen LogP contribution in [0.25, 0.3) is 12.2 Å². The number of hydrogen-bond donors (Lipinski definition) is 2. The Morgan fingerprint density at radius 3 is 2.30 bits per heavy atom. The monoisotopic (exact) mass is 694 g/mol. The first kappa shape index (κ1) is 38.3. The molecule has 1 atom stereocenters. The Morgan fingerprint density at radius 2 is 1.60 bits per heavy atom. The third-order valence-corrected chi connectivity index (χ3v) is 10.6. The third kappa shape index (κ3) is 12.4. The molecule has 0 bridgehead atoms. The van der Waals surface area contributed by atoms with Crippen LogP contribution in [0.2, 0.25) is 0 Å². The van der Waals surface area contributed by atoms with E-state index in [1.165, 1.54) is 23.5 Å². The second-order valence-electron chi connectivity index (χ2n) is 13.0. The number of rotatable bonds is 14. The molecule has 8 nitrogen and oxygen atoms in total. The highest BCUT2D eigenvalue weighted by Gasteiger charge is 2.29. The average Bonchev–Trinajstić information content (AvgIpc) is 3.02. The van der Waals surface area contributed by atoms with Crippen molar-refractivity contribution in [3.63, 3.8) is 0 Å². The molecule has 0 saturated carbocycles. The van der Waals surface area contributed by atoms with Gasteiger partial charge in [-0.05, 0) is 76.5 Å². The van der Waals surface area contributed by atoms with Gasteiger partial charge in [-0.2, -0.15) is 5.26 Å². The number of ether oxygens (including phenoxy) is 1. The first-order chi connectivity index (χ1) is 22.2. The summed E-state index contributed by atoms with van der Waals surface area (Å²) in [4.78, 5) is 40.7. The van der Waals surface area contributed by atoms with Crippen LogP contribution in [0.1, 0.15) is 83.4 Å². The quantitative estimate of drug-likeness (QED) is 0.201. The number of fused-ring (bicyclic) bond motifs is 2. The molecule has 2 N–H and O–H groups in total. The molecule has 3 rings (SSSR count). The van der Waals surface area contributed by atoms with Crippen molar-refractivity contribution in [3.8, 4) is 6.07 Å². The molecule has 3 amide bonds. The zero-order chi connectivity index (χ0) is 34.7. The average molecular weight is 695 g/mol. The molecule has 11 heteroatoms. The fourth-order valence-electron chi connectivity index (χ4n) is 4.97. The number of anilines is 1. The van der Waals surface area contributed by atoms with E-state index in [4.69, 9.17) is 17.0 Å². The molecule has 0 aliphatic carbocycles. The van der Waals surface area contributed by atoms with Gasteiger partial charge in [0.05, 0.1) is 23.9 Å². The summed E-state index contributed by atoms with van der Waals surface area (Å²) in [6.45, 7) is 10.5. The van der Waals surface area contributed by atoms with Gasteiger partial charge in [-0.1, -0.05) is 78.6 Å². The maximum absolute atomic E-state index is 13.5. The molecule has 0 radical (unpaired) electrons. The lowest BCUT2D eigenvalue weighted by atomic mass is 9.99. The maximum atomic E-state index is 13.5. The SMILES string of the molecule is CSC(=S)SC(C)(C#N)CCC(=O)NC(C)(C)CCOC(C)(C)CNC(=O)CCC(=O)N1Cc2ccccc2/C=C\c2ccccc21. The summed E-state index contributed by atoms with van der Waals surface area (Å²) >= 11 is 7.99. The maximum Gasteiger partial charge on any atom is 0.227 e. The molecule has 252 valence electrons. The first-order valence-electron chi connectivity index (χ1n) is 15.7. The van der Waals surface area contributed by atoms with E-state index in [-0.39, 0.29) is 43.5 Å². The molecule has 0 spiro atoms. The summed E-state index contributed by atoms with van der Waals surface area (Å²) in [5.41, 5.74) is 2.71. The van der Waals surface area contributed by atoms with Gasteiger partial charge in [-0.25, -0.2) is 0 Å². The highest BCUT2D eigenvalue weighted by Crippen LogP contribution is 2.34. The van der Waals surface area contributed by atoms with Gasteiger partial charge in [-0.15, -0.1) is 11.8 Å². The van der Waals surface area contributed by atoms with E-state index >= 15 is 0 Å². The molecular formula is C36H46N4O4S3. The smallest absolute Gasteiger partial charge is 0.227 e. The molecular weight excluding hydrogens is 649 g/mol. The molecule has 1 heterocycles. The van der Waals surface area contributed by atoms with Gasteiger partial charge in [0, 0.05) is 38.0 Å². The van der Waals surface area contributed by atoms with E-state index in [1.54, 1.807) is 11.8 Å². The van der Waals surface area contributed by atoms with E-state index < -0.39 is 15.9 Å². The number of thiocarbonyl (C=S) groups is 1. The van der Waals surface area contributed by atoms with Gasteiger partial charge >= 0.3 is 0 Å². The second kappa shape index (κ2) is 17.3. The zero-order valence-corrected chi connectivity index (χ0v) is 30.6. The van der Waals surface area contributed by atoms with E-state index in [1.807, 2.05) is 88.6 Å². The summed E-state index contributed by atoms with van der Waals surface area (Å²) in [6.07, 6.45) is 7.28. The van der Waals surface area contributed by atoms with Gasteiger partial charge < -0.3 is 20.3 Å². The predicted molar refractivity (Wildman–Crippen MR) is 199 cm³/mol. The minimum absolute atomic E-state index is 0.0660. The number of carbonyl (C=O) groups is 3. The fraction of sp³-hybridized carbons (Fsp3) is 0.472. The number of benzene rings is 2. The van der Waals surface area contributed by atoms with E-state index in [0.29, 0.717) is 29.5 Å². The van der Waals surface area contributed by atoms with Crippen molar-refractivity contribution in [3.05, 3.63) is 65.2 Å². The van der Waals surface area contributed by atoms with Crippen molar-refractivity contribution in [1.82, 2.24) is 10.6 Å². The molecule has 1 aliphatic heterocycles. The van der Waals surface area contributed by atoms with Crippen LogP contribution < -0.4 is 15.5 Å². The standard InChI is InChI=1S/C36H46N4O4S3/c1-34(2,39-31(42)19-20-36(5,24-37)47-33(45)46-6)21-22-44-35(3,4)25-38-30(41)17-18-32(43)40-23-28-13-8-7-11-26(28)15-16-27-12-9-10-14-29(27)40/h7-16H,17-23,25H2,1-6H3,(H,38,41)(H,39,42)/b16-15-. The van der Waals surface area contributed by atoms with Crippen molar-refractivity contribution in [2.75, 3.05) is 24.3 Å². The number of nitrogens with zero attached hydrogens (tertiary/aromatic N) is 2. The Morgan fingerprint density at radius 1 is 0.936 bits per heavy atom. The van der Waals surface area contributed by atoms with Gasteiger partial charge in [0.15, 0.2) is 0 Å². The number of nitrogens with one attached hydrogen (secondary N) is 2. The second-order valence-corrected chi connectivity index (χ2v) is 16.6. The number of nitriles is 1. The van der Waals surface area contributed by atoms with Crippen LogP contribution in [0.5, 0.6) is 0 Å². The molecule has 0 fully saturated rings. The van der Waals surface area contributed by atoms with Crippen LogP contribution in [0.4, 0.5) is 5.69 Å². The van der Waals surface area contributed by atoms with Crippen molar-refractivity contribution in [2.45, 2.75) is 89.2 Å². The number of carbonyl (C=O) groups excluding carboxylic acids is 3. The van der Waals surface area contributed by atoms with Crippen LogP contribution in [-0.2, 0) is 25.7 Å². The molecule has 47 heavy (non-hydrogen) atoms. The number of hydrogen-bond acceptors (Lipinski definition) is 8. The number of amides is 3.